The largest absolute Gasteiger partial charge is 0.496 e. The van der Waals surface area contributed by atoms with Crippen molar-refractivity contribution < 1.29 is 23.9 Å². The molecule has 2 aromatic rings. The molecule has 1 atom stereocenters. The van der Waals surface area contributed by atoms with E-state index in [1.165, 1.54) is 20.3 Å². The van der Waals surface area contributed by atoms with Crippen molar-refractivity contribution in [3.05, 3.63) is 64.7 Å². The Balaban J connectivity index is 2.11. The van der Waals surface area contributed by atoms with Crippen LogP contribution in [0.3, 0.4) is 0 Å². The van der Waals surface area contributed by atoms with E-state index in [1.54, 1.807) is 30.3 Å². The van der Waals surface area contributed by atoms with Gasteiger partial charge >= 0.3 is 5.97 Å². The first-order valence-corrected chi connectivity index (χ1v) is 7.49. The van der Waals surface area contributed by atoms with Crippen molar-refractivity contribution in [2.45, 2.75) is 12.3 Å². The summed E-state index contributed by atoms with van der Waals surface area (Å²) in [5, 5.41) is 0. The highest BCUT2D eigenvalue weighted by Gasteiger charge is 2.36. The zero-order valence-corrected chi connectivity index (χ0v) is 13.4. The molecule has 122 valence electrons. The predicted molar refractivity (Wildman–Crippen MR) is 86.6 cm³/mol. The van der Waals surface area contributed by atoms with Crippen LogP contribution < -0.4 is 4.74 Å². The maximum Gasteiger partial charge on any atom is 0.313 e. The summed E-state index contributed by atoms with van der Waals surface area (Å²) >= 11 is 0. The fourth-order valence-corrected chi connectivity index (χ4v) is 2.97. The molecule has 0 heterocycles. The molecule has 0 aromatic heterocycles. The van der Waals surface area contributed by atoms with E-state index in [0.717, 1.165) is 0 Å². The lowest BCUT2D eigenvalue weighted by Gasteiger charge is -2.13. The molecular weight excluding hydrogens is 308 g/mol. The number of ether oxygens (including phenoxy) is 2. The van der Waals surface area contributed by atoms with Gasteiger partial charge in [0.25, 0.3) is 0 Å². The van der Waals surface area contributed by atoms with Crippen LogP contribution in [0.15, 0.2) is 42.5 Å². The van der Waals surface area contributed by atoms with Gasteiger partial charge in [-0.15, -0.1) is 0 Å². The number of fused-ring (bicyclic) bond motifs is 1. The van der Waals surface area contributed by atoms with Crippen molar-refractivity contribution in [1.82, 2.24) is 0 Å². The molecule has 0 bridgehead atoms. The molecule has 24 heavy (non-hydrogen) atoms. The normalized spacial score (nSPS) is 15.8. The summed E-state index contributed by atoms with van der Waals surface area (Å²) in [6.45, 7) is 0. The zero-order chi connectivity index (χ0) is 17.3. The Bertz CT molecular complexity index is 823. The third kappa shape index (κ3) is 2.58. The van der Waals surface area contributed by atoms with Crippen LogP contribution in [0, 0.1) is 0 Å². The molecule has 1 unspecified atom stereocenters. The van der Waals surface area contributed by atoms with Crippen LogP contribution in [0.4, 0.5) is 0 Å². The number of Topliss-reactive ketones (excluding diaryl/α,β-unsaturated/α-hetero) is 1. The van der Waals surface area contributed by atoms with Crippen LogP contribution in [-0.2, 0) is 9.53 Å². The van der Waals surface area contributed by atoms with E-state index in [0.29, 0.717) is 28.0 Å². The number of ketones is 2. The lowest BCUT2D eigenvalue weighted by Crippen LogP contribution is -2.12. The Kier molecular flexibility index (Phi) is 4.16. The second-order valence-electron chi connectivity index (χ2n) is 5.54. The summed E-state index contributed by atoms with van der Waals surface area (Å²) in [5.74, 6) is -1.18. The first-order chi connectivity index (χ1) is 11.6. The number of benzene rings is 2. The van der Waals surface area contributed by atoms with Crippen LogP contribution in [0.1, 0.15) is 44.2 Å². The zero-order valence-electron chi connectivity index (χ0n) is 13.4. The Morgan fingerprint density at radius 1 is 1.08 bits per heavy atom. The van der Waals surface area contributed by atoms with Crippen LogP contribution in [0.2, 0.25) is 0 Å². The van der Waals surface area contributed by atoms with Gasteiger partial charge in [-0.2, -0.15) is 0 Å². The maximum atomic E-state index is 12.7. The Labute approximate surface area is 139 Å². The van der Waals surface area contributed by atoms with Gasteiger partial charge in [-0.1, -0.05) is 30.3 Å². The third-order valence-electron chi connectivity index (χ3n) is 4.20. The van der Waals surface area contributed by atoms with Gasteiger partial charge in [-0.25, -0.2) is 0 Å². The van der Waals surface area contributed by atoms with Crippen molar-refractivity contribution in [3.63, 3.8) is 0 Å². The molecule has 5 nitrogen and oxygen atoms in total. The number of hydrogen-bond acceptors (Lipinski definition) is 5. The van der Waals surface area contributed by atoms with Gasteiger partial charge in [0.2, 0.25) is 0 Å². The molecule has 0 aliphatic heterocycles. The predicted octanol–water partition coefficient (Wildman–Crippen LogP) is 2.77. The quantitative estimate of drug-likeness (QED) is 0.639. The van der Waals surface area contributed by atoms with E-state index in [1.807, 2.05) is 6.07 Å². The number of carbonyl (C=O) groups excluding carboxylic acids is 3. The summed E-state index contributed by atoms with van der Waals surface area (Å²) in [6.07, 6.45) is 0.0497. The summed E-state index contributed by atoms with van der Waals surface area (Å²) in [7, 11) is 2.74. The number of methoxy groups -OCH3 is 2. The van der Waals surface area contributed by atoms with Gasteiger partial charge in [-0.3, -0.25) is 14.4 Å². The Hall–Kier alpha value is -2.95. The minimum absolute atomic E-state index is 0.0497. The number of rotatable bonds is 4. The van der Waals surface area contributed by atoms with Gasteiger partial charge in [0.1, 0.15) is 5.75 Å². The van der Waals surface area contributed by atoms with Crippen LogP contribution in [0.5, 0.6) is 5.75 Å². The lowest BCUT2D eigenvalue weighted by atomic mass is 9.95. The summed E-state index contributed by atoms with van der Waals surface area (Å²) in [6, 6.07) is 11.9. The molecule has 0 amide bonds. The number of hydrogen-bond donors (Lipinski definition) is 0. The van der Waals surface area contributed by atoms with Crippen molar-refractivity contribution in [1.29, 1.82) is 0 Å². The molecule has 5 heteroatoms. The second-order valence-corrected chi connectivity index (χ2v) is 5.54. The van der Waals surface area contributed by atoms with Gasteiger partial charge in [0.05, 0.1) is 25.7 Å². The van der Waals surface area contributed by atoms with E-state index in [4.69, 9.17) is 9.47 Å². The van der Waals surface area contributed by atoms with E-state index >= 15 is 0 Å². The van der Waals surface area contributed by atoms with Crippen LogP contribution >= 0.6 is 0 Å². The first kappa shape index (κ1) is 15.9. The molecule has 0 N–H and O–H groups in total. The van der Waals surface area contributed by atoms with Crippen molar-refractivity contribution >= 4 is 17.5 Å². The fraction of sp³-hybridized carbons (Fsp3) is 0.211. The summed E-state index contributed by atoms with van der Waals surface area (Å²) in [4.78, 5) is 36.8. The van der Waals surface area contributed by atoms with Crippen molar-refractivity contribution in [2.75, 3.05) is 14.2 Å². The van der Waals surface area contributed by atoms with E-state index in [9.17, 15) is 14.4 Å². The molecular formula is C19H16O5. The van der Waals surface area contributed by atoms with E-state index in [2.05, 4.69) is 0 Å². The standard InChI is InChI=1S/C19H16O5/c1-23-17-10-12-13(16(20)9-14(12)19(22)24-2)8-15(17)18(21)11-6-4-3-5-7-11/h3-8,10,14H,9H2,1-2H3. The molecule has 0 fully saturated rings. The second kappa shape index (κ2) is 6.28. The Morgan fingerprint density at radius 2 is 1.79 bits per heavy atom. The van der Waals surface area contributed by atoms with Gasteiger partial charge in [0.15, 0.2) is 11.6 Å². The summed E-state index contributed by atoms with van der Waals surface area (Å²) in [5.41, 5.74) is 1.74. The smallest absolute Gasteiger partial charge is 0.313 e. The van der Waals surface area contributed by atoms with Gasteiger partial charge in [0, 0.05) is 17.5 Å². The number of carbonyl (C=O) groups is 3. The maximum absolute atomic E-state index is 12.7. The highest BCUT2D eigenvalue weighted by atomic mass is 16.5. The minimum Gasteiger partial charge on any atom is -0.496 e. The van der Waals surface area contributed by atoms with Gasteiger partial charge < -0.3 is 9.47 Å². The third-order valence-corrected chi connectivity index (χ3v) is 4.20. The first-order valence-electron chi connectivity index (χ1n) is 7.49. The molecule has 0 saturated carbocycles. The highest BCUT2D eigenvalue weighted by molar-refractivity contribution is 6.14. The molecule has 2 aromatic carbocycles. The minimum atomic E-state index is -0.646. The highest BCUT2D eigenvalue weighted by Crippen LogP contribution is 2.38. The van der Waals surface area contributed by atoms with Crippen molar-refractivity contribution in [2.24, 2.45) is 0 Å². The average molecular weight is 324 g/mol. The molecule has 0 spiro atoms. The number of esters is 1. The average Bonchev–Trinajstić information content (AvgIpc) is 2.96. The van der Waals surface area contributed by atoms with Crippen LogP contribution in [-0.4, -0.2) is 31.8 Å². The summed E-state index contributed by atoms with van der Waals surface area (Å²) < 4.78 is 10.1. The monoisotopic (exact) mass is 324 g/mol. The van der Waals surface area contributed by atoms with E-state index in [-0.39, 0.29) is 18.0 Å². The van der Waals surface area contributed by atoms with E-state index < -0.39 is 11.9 Å². The van der Waals surface area contributed by atoms with Gasteiger partial charge in [-0.05, 0) is 17.7 Å². The molecule has 3 rings (SSSR count). The Morgan fingerprint density at radius 3 is 2.42 bits per heavy atom. The molecule has 0 saturated heterocycles. The molecule has 0 radical (unpaired) electrons. The lowest BCUT2D eigenvalue weighted by molar-refractivity contribution is -0.142. The molecule has 1 aliphatic rings. The van der Waals surface area contributed by atoms with Crippen molar-refractivity contribution in [3.8, 4) is 5.75 Å². The topological polar surface area (TPSA) is 69.7 Å². The molecule has 1 aliphatic carbocycles. The fourth-order valence-electron chi connectivity index (χ4n) is 2.97. The van der Waals surface area contributed by atoms with Crippen LogP contribution in [0.25, 0.3) is 0 Å². The SMILES string of the molecule is COC(=O)C1CC(=O)c2cc(C(=O)c3ccccc3)c(OC)cc21.